The fraction of sp³-hybridized carbons (Fsp3) is 0.400. The third-order valence-corrected chi connectivity index (χ3v) is 3.92. The Morgan fingerprint density at radius 3 is 2.83 bits per heavy atom. The summed E-state index contributed by atoms with van der Waals surface area (Å²) in [6.45, 7) is 1.81. The zero-order chi connectivity index (χ0) is 16.6. The number of nitrogens with two attached hydrogens (primary N) is 1. The number of benzene rings is 1. The molecule has 1 saturated heterocycles. The van der Waals surface area contributed by atoms with Crippen molar-refractivity contribution in [1.29, 1.82) is 0 Å². The van der Waals surface area contributed by atoms with E-state index < -0.39 is 17.5 Å². The van der Waals surface area contributed by atoms with Gasteiger partial charge in [-0.25, -0.2) is 4.79 Å². The second kappa shape index (κ2) is 5.45. The number of carbonyl (C=O) groups is 3. The van der Waals surface area contributed by atoms with Crippen molar-refractivity contribution in [1.82, 2.24) is 10.2 Å². The molecule has 2 aliphatic rings. The highest BCUT2D eigenvalue weighted by Gasteiger charge is 2.47. The molecule has 0 radical (unpaired) electrons. The number of carbonyl (C=O) groups excluding carboxylic acids is 3. The van der Waals surface area contributed by atoms with E-state index in [1.54, 1.807) is 19.1 Å². The van der Waals surface area contributed by atoms with Crippen LogP contribution in [0.1, 0.15) is 18.9 Å². The lowest BCUT2D eigenvalue weighted by atomic mass is 9.92. The van der Waals surface area contributed by atoms with Crippen molar-refractivity contribution >= 4 is 17.8 Å². The molecule has 4 amide bonds. The summed E-state index contributed by atoms with van der Waals surface area (Å²) in [5.41, 5.74) is 4.84. The summed E-state index contributed by atoms with van der Waals surface area (Å²) in [5.74, 6) is 0.341. The monoisotopic (exact) mass is 319 g/mol. The van der Waals surface area contributed by atoms with Gasteiger partial charge in [0.15, 0.2) is 11.5 Å². The fourth-order valence-electron chi connectivity index (χ4n) is 2.75. The van der Waals surface area contributed by atoms with Gasteiger partial charge in [-0.05, 0) is 24.6 Å². The minimum atomic E-state index is -1.07. The number of nitrogens with one attached hydrogen (secondary N) is 1. The van der Waals surface area contributed by atoms with Crippen LogP contribution < -0.4 is 20.5 Å². The first-order valence-electron chi connectivity index (χ1n) is 7.20. The van der Waals surface area contributed by atoms with Crippen LogP contribution in [0.4, 0.5) is 4.79 Å². The predicted octanol–water partition coefficient (Wildman–Crippen LogP) is 0.144. The highest BCUT2D eigenvalue weighted by atomic mass is 16.7. The van der Waals surface area contributed by atoms with E-state index in [4.69, 9.17) is 15.2 Å². The van der Waals surface area contributed by atoms with Gasteiger partial charge in [-0.1, -0.05) is 6.07 Å². The second-order valence-corrected chi connectivity index (χ2v) is 5.80. The van der Waals surface area contributed by atoms with Crippen LogP contribution >= 0.6 is 0 Å². The molecule has 23 heavy (non-hydrogen) atoms. The first kappa shape index (κ1) is 15.1. The molecule has 0 aromatic heterocycles. The largest absolute Gasteiger partial charge is 0.454 e. The molecule has 1 fully saturated rings. The maximum atomic E-state index is 12.5. The molecule has 3 rings (SSSR count). The molecule has 1 aromatic carbocycles. The fourth-order valence-corrected chi connectivity index (χ4v) is 2.75. The lowest BCUT2D eigenvalue weighted by Gasteiger charge is -2.21. The molecular weight excluding hydrogens is 302 g/mol. The Labute approximate surface area is 132 Å². The van der Waals surface area contributed by atoms with Crippen molar-refractivity contribution in [3.05, 3.63) is 23.8 Å². The SMILES string of the molecule is C[C@@]1(Cc2ccc3c(c2)OCO3)NC(=O)N(CCC(N)=O)C1=O. The Bertz CT molecular complexity index is 690. The minimum absolute atomic E-state index is 0.0171. The number of fused-ring (bicyclic) bond motifs is 1. The van der Waals surface area contributed by atoms with Crippen molar-refractivity contribution in [2.45, 2.75) is 25.3 Å². The van der Waals surface area contributed by atoms with Crippen LogP contribution in [0.3, 0.4) is 0 Å². The molecule has 0 bridgehead atoms. The Morgan fingerprint density at radius 1 is 1.35 bits per heavy atom. The summed E-state index contributed by atoms with van der Waals surface area (Å²) < 4.78 is 10.6. The van der Waals surface area contributed by atoms with Gasteiger partial charge < -0.3 is 20.5 Å². The second-order valence-electron chi connectivity index (χ2n) is 5.80. The predicted molar refractivity (Wildman–Crippen MR) is 78.7 cm³/mol. The number of hydrogen-bond donors (Lipinski definition) is 2. The molecule has 0 saturated carbocycles. The van der Waals surface area contributed by atoms with Crippen LogP contribution in [0.15, 0.2) is 18.2 Å². The average molecular weight is 319 g/mol. The number of amides is 4. The van der Waals surface area contributed by atoms with Crippen molar-refractivity contribution in [3.63, 3.8) is 0 Å². The Hall–Kier alpha value is -2.77. The molecule has 8 nitrogen and oxygen atoms in total. The average Bonchev–Trinajstić information content (AvgIpc) is 3.01. The standard InChI is InChI=1S/C15H17N3O5/c1-15(7-9-2-3-10-11(6-9)23-8-22-10)13(20)18(14(21)17-15)5-4-12(16)19/h2-3,6H,4-5,7-8H2,1H3,(H2,16,19)(H,17,21)/t15-/m0/s1. The first-order valence-corrected chi connectivity index (χ1v) is 7.20. The van der Waals surface area contributed by atoms with E-state index in [0.29, 0.717) is 17.9 Å². The van der Waals surface area contributed by atoms with E-state index in [1.807, 2.05) is 6.07 Å². The number of urea groups is 1. The van der Waals surface area contributed by atoms with Crippen molar-refractivity contribution in [2.24, 2.45) is 5.73 Å². The van der Waals surface area contributed by atoms with Crippen LogP contribution in [0.5, 0.6) is 11.5 Å². The third kappa shape index (κ3) is 2.79. The molecule has 2 heterocycles. The normalized spacial score (nSPS) is 22.4. The van der Waals surface area contributed by atoms with Crippen LogP contribution in [0.25, 0.3) is 0 Å². The van der Waals surface area contributed by atoms with E-state index >= 15 is 0 Å². The molecule has 2 aliphatic heterocycles. The van der Waals surface area contributed by atoms with Crippen molar-refractivity contribution < 1.29 is 23.9 Å². The number of nitrogens with zero attached hydrogens (tertiary/aromatic N) is 1. The van der Waals surface area contributed by atoms with Gasteiger partial charge in [0, 0.05) is 19.4 Å². The Balaban J connectivity index is 1.75. The highest BCUT2D eigenvalue weighted by Crippen LogP contribution is 2.34. The molecule has 0 aliphatic carbocycles. The van der Waals surface area contributed by atoms with Crippen molar-refractivity contribution in [3.8, 4) is 11.5 Å². The molecule has 122 valence electrons. The zero-order valence-electron chi connectivity index (χ0n) is 12.6. The molecule has 0 spiro atoms. The molecule has 3 N–H and O–H groups in total. The van der Waals surface area contributed by atoms with Crippen LogP contribution in [-0.2, 0) is 16.0 Å². The van der Waals surface area contributed by atoms with Gasteiger partial charge in [0.1, 0.15) is 5.54 Å². The van der Waals surface area contributed by atoms with E-state index in [1.165, 1.54) is 0 Å². The lowest BCUT2D eigenvalue weighted by molar-refractivity contribution is -0.131. The van der Waals surface area contributed by atoms with E-state index in [-0.39, 0.29) is 25.7 Å². The van der Waals surface area contributed by atoms with Crippen LogP contribution in [0.2, 0.25) is 0 Å². The number of imide groups is 1. The summed E-state index contributed by atoms with van der Waals surface area (Å²) in [6, 6.07) is 4.87. The number of primary amides is 1. The summed E-state index contributed by atoms with van der Waals surface area (Å²) >= 11 is 0. The molecule has 1 aromatic rings. The zero-order valence-corrected chi connectivity index (χ0v) is 12.6. The molecule has 8 heteroatoms. The quantitative estimate of drug-likeness (QED) is 0.750. The molecule has 0 unspecified atom stereocenters. The summed E-state index contributed by atoms with van der Waals surface area (Å²) in [7, 11) is 0. The summed E-state index contributed by atoms with van der Waals surface area (Å²) in [6.07, 6.45) is 0.251. The third-order valence-electron chi connectivity index (χ3n) is 3.92. The van der Waals surface area contributed by atoms with Gasteiger partial charge in [0.25, 0.3) is 5.91 Å². The maximum Gasteiger partial charge on any atom is 0.325 e. The minimum Gasteiger partial charge on any atom is -0.454 e. The van der Waals surface area contributed by atoms with Crippen LogP contribution in [-0.4, -0.2) is 41.6 Å². The Morgan fingerprint density at radius 2 is 2.09 bits per heavy atom. The summed E-state index contributed by atoms with van der Waals surface area (Å²) in [5, 5.41) is 2.68. The van der Waals surface area contributed by atoms with Crippen molar-refractivity contribution in [2.75, 3.05) is 13.3 Å². The lowest BCUT2D eigenvalue weighted by Crippen LogP contribution is -2.46. The van der Waals surface area contributed by atoms with E-state index in [0.717, 1.165) is 10.5 Å². The van der Waals surface area contributed by atoms with E-state index in [2.05, 4.69) is 5.32 Å². The first-order chi connectivity index (χ1) is 10.9. The van der Waals surface area contributed by atoms with Gasteiger partial charge in [-0.15, -0.1) is 0 Å². The van der Waals surface area contributed by atoms with Gasteiger partial charge in [-0.3, -0.25) is 14.5 Å². The maximum absolute atomic E-state index is 12.5. The van der Waals surface area contributed by atoms with Crippen LogP contribution in [0, 0.1) is 0 Å². The van der Waals surface area contributed by atoms with Gasteiger partial charge in [-0.2, -0.15) is 0 Å². The number of hydrogen-bond acceptors (Lipinski definition) is 5. The smallest absolute Gasteiger partial charge is 0.325 e. The van der Waals surface area contributed by atoms with E-state index in [9.17, 15) is 14.4 Å². The topological polar surface area (TPSA) is 111 Å². The molecular formula is C15H17N3O5. The Kier molecular flexibility index (Phi) is 3.59. The van der Waals surface area contributed by atoms with Gasteiger partial charge in [0.05, 0.1) is 0 Å². The molecule has 1 atom stereocenters. The van der Waals surface area contributed by atoms with Gasteiger partial charge >= 0.3 is 6.03 Å². The van der Waals surface area contributed by atoms with Gasteiger partial charge in [0.2, 0.25) is 12.7 Å². The summed E-state index contributed by atoms with van der Waals surface area (Å²) in [4.78, 5) is 36.4. The highest BCUT2D eigenvalue weighted by molar-refractivity contribution is 6.07. The number of ether oxygens (including phenoxy) is 2. The number of rotatable bonds is 5.